The predicted octanol–water partition coefficient (Wildman–Crippen LogP) is 2.78. The van der Waals surface area contributed by atoms with E-state index in [1.54, 1.807) is 30.3 Å². The fourth-order valence-electron chi connectivity index (χ4n) is 1.40. The Morgan fingerprint density at radius 3 is 2.81 bits per heavy atom. The topological polar surface area (TPSA) is 110 Å². The van der Waals surface area contributed by atoms with Crippen LogP contribution in [0.5, 0.6) is 5.75 Å². The molecule has 0 aliphatic heterocycles. The van der Waals surface area contributed by atoms with Crippen LogP contribution in [0.2, 0.25) is 0 Å². The van der Waals surface area contributed by atoms with Gasteiger partial charge in [-0.15, -0.1) is 0 Å². The highest BCUT2D eigenvalue weighted by Gasteiger charge is 2.08. The van der Waals surface area contributed by atoms with E-state index >= 15 is 0 Å². The Hall–Kier alpha value is -3.38. The fourth-order valence-corrected chi connectivity index (χ4v) is 1.40. The zero-order valence-electron chi connectivity index (χ0n) is 10.7. The zero-order chi connectivity index (χ0) is 15.1. The Bertz CT molecular complexity index is 729. The monoisotopic (exact) mass is 283 g/mol. The summed E-state index contributed by atoms with van der Waals surface area (Å²) in [5, 5.41) is 2.87. The number of rotatable bonds is 3. The molecule has 2 rings (SSSR count). The van der Waals surface area contributed by atoms with E-state index < -0.39 is 12.0 Å². The van der Waals surface area contributed by atoms with E-state index in [4.69, 9.17) is 10.3 Å². The zero-order valence-corrected chi connectivity index (χ0v) is 10.7. The van der Waals surface area contributed by atoms with Crippen LogP contribution in [0.3, 0.4) is 0 Å². The number of hydrogen-bond donors (Lipinski definition) is 0. The van der Waals surface area contributed by atoms with Crippen molar-refractivity contribution in [3.05, 3.63) is 65.1 Å². The van der Waals surface area contributed by atoms with E-state index in [0.717, 1.165) is 10.6 Å². The molecule has 0 fully saturated rings. The maximum Gasteiger partial charge on any atom is 0.424 e. The summed E-state index contributed by atoms with van der Waals surface area (Å²) in [6, 6.07) is 8.58. The van der Waals surface area contributed by atoms with Crippen molar-refractivity contribution in [3.63, 3.8) is 0 Å². The molecule has 0 aliphatic rings. The van der Waals surface area contributed by atoms with Gasteiger partial charge in [-0.3, -0.25) is 4.79 Å². The van der Waals surface area contributed by atoms with Gasteiger partial charge in [0.25, 0.3) is 0 Å². The summed E-state index contributed by atoms with van der Waals surface area (Å²) in [7, 11) is 0. The van der Waals surface area contributed by atoms with Gasteiger partial charge in [-0.05, 0) is 34.9 Å². The highest BCUT2D eigenvalue weighted by Crippen LogP contribution is 2.10. The third-order valence-electron chi connectivity index (χ3n) is 2.30. The molecule has 1 aromatic heterocycles. The molecule has 0 saturated heterocycles. The molecule has 0 saturated carbocycles. The Labute approximate surface area is 118 Å². The number of amides is 1. The molecule has 0 unspecified atom stereocenters. The van der Waals surface area contributed by atoms with Crippen LogP contribution in [0, 0.1) is 0 Å². The standard InChI is InChI=1S/C13H9N5O3/c14-17-16-12(19)7-6-10-8-18(9-15-10)13(20)21-11-4-2-1-3-5-11/h1-9H/b7-6+. The van der Waals surface area contributed by atoms with E-state index in [1.165, 1.54) is 18.6 Å². The first-order chi connectivity index (χ1) is 10.2. The summed E-state index contributed by atoms with van der Waals surface area (Å²) in [6.07, 6.45) is 4.38. The average Bonchev–Trinajstić information content (AvgIpc) is 2.95. The summed E-state index contributed by atoms with van der Waals surface area (Å²) in [5.41, 5.74) is 8.42. The first kappa shape index (κ1) is 14.0. The summed E-state index contributed by atoms with van der Waals surface area (Å²) < 4.78 is 6.23. The lowest BCUT2D eigenvalue weighted by molar-refractivity contribution is -0.113. The van der Waals surface area contributed by atoms with Crippen LogP contribution in [-0.4, -0.2) is 21.6 Å². The van der Waals surface area contributed by atoms with Crippen LogP contribution in [0.1, 0.15) is 5.69 Å². The van der Waals surface area contributed by atoms with Gasteiger partial charge in [0.2, 0.25) is 5.91 Å². The molecule has 0 radical (unpaired) electrons. The van der Waals surface area contributed by atoms with Gasteiger partial charge in [-0.25, -0.2) is 14.3 Å². The van der Waals surface area contributed by atoms with E-state index in [-0.39, 0.29) is 0 Å². The SMILES string of the molecule is [N-]=[N+]=NC(=O)/C=C/c1cn(C(=O)Oc2ccccc2)cn1. The van der Waals surface area contributed by atoms with E-state index in [2.05, 4.69) is 15.0 Å². The van der Waals surface area contributed by atoms with Crippen molar-refractivity contribution in [2.24, 2.45) is 5.11 Å². The van der Waals surface area contributed by atoms with Crippen molar-refractivity contribution in [1.29, 1.82) is 0 Å². The molecule has 1 heterocycles. The minimum Gasteiger partial charge on any atom is -0.410 e. The molecule has 1 aromatic carbocycles. The molecule has 0 bridgehead atoms. The lowest BCUT2D eigenvalue weighted by atomic mass is 10.3. The number of ether oxygens (including phenoxy) is 1. The van der Waals surface area contributed by atoms with Gasteiger partial charge in [0.05, 0.1) is 5.69 Å². The molecule has 1 amide bonds. The smallest absolute Gasteiger partial charge is 0.410 e. The van der Waals surface area contributed by atoms with Gasteiger partial charge in [-0.2, -0.15) is 0 Å². The first-order valence-corrected chi connectivity index (χ1v) is 5.77. The molecule has 0 atom stereocenters. The molecular formula is C13H9N5O3. The highest BCUT2D eigenvalue weighted by molar-refractivity contribution is 5.92. The maximum absolute atomic E-state index is 11.8. The Morgan fingerprint density at radius 2 is 2.10 bits per heavy atom. The van der Waals surface area contributed by atoms with Gasteiger partial charge in [0.1, 0.15) is 12.1 Å². The number of nitrogens with zero attached hydrogens (tertiary/aromatic N) is 5. The number of hydrogen-bond acceptors (Lipinski definition) is 4. The maximum atomic E-state index is 11.8. The van der Waals surface area contributed by atoms with Crippen LogP contribution in [0.15, 0.2) is 54.0 Å². The fraction of sp³-hybridized carbons (Fsp3) is 0. The van der Waals surface area contributed by atoms with Crippen LogP contribution < -0.4 is 4.74 Å². The molecule has 0 spiro atoms. The third-order valence-corrected chi connectivity index (χ3v) is 2.30. The Morgan fingerprint density at radius 1 is 1.33 bits per heavy atom. The van der Waals surface area contributed by atoms with E-state index in [9.17, 15) is 9.59 Å². The van der Waals surface area contributed by atoms with Crippen molar-refractivity contribution < 1.29 is 14.3 Å². The Balaban J connectivity index is 2.04. The van der Waals surface area contributed by atoms with Crippen molar-refractivity contribution in [2.75, 3.05) is 0 Å². The number of para-hydroxylation sites is 1. The summed E-state index contributed by atoms with van der Waals surface area (Å²) in [5.74, 6) is -0.342. The quantitative estimate of drug-likeness (QED) is 0.373. The number of azide groups is 1. The number of aromatic nitrogens is 2. The third kappa shape index (κ3) is 4.05. The second-order valence-corrected chi connectivity index (χ2v) is 3.75. The average molecular weight is 283 g/mol. The van der Waals surface area contributed by atoms with E-state index in [1.807, 2.05) is 0 Å². The van der Waals surface area contributed by atoms with Gasteiger partial charge in [0, 0.05) is 11.1 Å². The second kappa shape index (κ2) is 6.69. The molecular weight excluding hydrogens is 274 g/mol. The highest BCUT2D eigenvalue weighted by atomic mass is 16.6. The van der Waals surface area contributed by atoms with Gasteiger partial charge >= 0.3 is 6.09 Å². The van der Waals surface area contributed by atoms with Gasteiger partial charge in [0.15, 0.2) is 0 Å². The number of benzene rings is 1. The largest absolute Gasteiger partial charge is 0.424 e. The lowest BCUT2D eigenvalue weighted by Crippen LogP contribution is -2.14. The summed E-state index contributed by atoms with van der Waals surface area (Å²) >= 11 is 0. The summed E-state index contributed by atoms with van der Waals surface area (Å²) in [4.78, 5) is 29.0. The number of imidazole rings is 1. The molecule has 8 nitrogen and oxygen atoms in total. The predicted molar refractivity (Wildman–Crippen MR) is 73.3 cm³/mol. The summed E-state index contributed by atoms with van der Waals surface area (Å²) in [6.45, 7) is 0. The first-order valence-electron chi connectivity index (χ1n) is 5.77. The minimum absolute atomic E-state index is 0.349. The molecule has 0 aliphatic carbocycles. The number of carbonyl (C=O) groups excluding carboxylic acids is 2. The van der Waals surface area contributed by atoms with Gasteiger partial charge in [-0.1, -0.05) is 18.2 Å². The van der Waals surface area contributed by atoms with Crippen molar-refractivity contribution >= 4 is 18.1 Å². The van der Waals surface area contributed by atoms with Crippen LogP contribution >= 0.6 is 0 Å². The van der Waals surface area contributed by atoms with E-state index in [0.29, 0.717) is 11.4 Å². The van der Waals surface area contributed by atoms with Crippen molar-refractivity contribution in [1.82, 2.24) is 9.55 Å². The lowest BCUT2D eigenvalue weighted by Gasteiger charge is -2.02. The minimum atomic E-state index is -0.751. The molecule has 8 heteroatoms. The van der Waals surface area contributed by atoms with Crippen molar-refractivity contribution in [2.45, 2.75) is 0 Å². The molecule has 104 valence electrons. The van der Waals surface area contributed by atoms with Crippen LogP contribution in [0.25, 0.3) is 16.5 Å². The second-order valence-electron chi connectivity index (χ2n) is 3.75. The molecule has 0 N–H and O–H groups in total. The Kier molecular flexibility index (Phi) is 4.47. The molecule has 2 aromatic rings. The normalized spacial score (nSPS) is 10.1. The van der Waals surface area contributed by atoms with Crippen molar-refractivity contribution in [3.8, 4) is 5.75 Å². The van der Waals surface area contributed by atoms with Crippen LogP contribution in [-0.2, 0) is 4.79 Å². The van der Waals surface area contributed by atoms with Gasteiger partial charge < -0.3 is 4.74 Å². The molecule has 21 heavy (non-hydrogen) atoms. The number of carbonyl (C=O) groups is 2. The van der Waals surface area contributed by atoms with Crippen LogP contribution in [0.4, 0.5) is 4.79 Å².